The van der Waals surface area contributed by atoms with Gasteiger partial charge in [-0.1, -0.05) is 66.7 Å². The van der Waals surface area contributed by atoms with E-state index in [1.54, 1.807) is 0 Å². The number of nitrogens with zero attached hydrogens (tertiary/aromatic N) is 1. The van der Waals surface area contributed by atoms with Gasteiger partial charge in [-0.3, -0.25) is 19.9 Å². The Morgan fingerprint density at radius 3 is 2.34 bits per heavy atom. The highest BCUT2D eigenvalue weighted by atomic mass is 16.2. The van der Waals surface area contributed by atoms with Gasteiger partial charge >= 0.3 is 0 Å². The van der Waals surface area contributed by atoms with E-state index in [1.165, 1.54) is 0 Å². The average Bonchev–Trinajstić information content (AvgIpc) is 3.18. The van der Waals surface area contributed by atoms with Crippen molar-refractivity contribution < 1.29 is 9.59 Å². The second-order valence-corrected chi connectivity index (χ2v) is 8.36. The van der Waals surface area contributed by atoms with Crippen LogP contribution in [0.2, 0.25) is 0 Å². The number of nitrogens with one attached hydrogen (secondary N) is 3. The van der Waals surface area contributed by atoms with Crippen molar-refractivity contribution in [3.05, 3.63) is 84.9 Å². The van der Waals surface area contributed by atoms with Crippen LogP contribution >= 0.6 is 0 Å². The summed E-state index contributed by atoms with van der Waals surface area (Å²) in [6.07, 6.45) is -0.180. The smallest absolute Gasteiger partial charge is 0.236 e. The van der Waals surface area contributed by atoms with E-state index in [1.807, 2.05) is 96.9 Å². The third kappa shape index (κ3) is 3.68. The molecule has 0 spiro atoms. The summed E-state index contributed by atoms with van der Waals surface area (Å²) >= 11 is 0. The molecule has 5 rings (SSSR count). The van der Waals surface area contributed by atoms with Gasteiger partial charge in [0.1, 0.15) is 12.1 Å². The van der Waals surface area contributed by atoms with Gasteiger partial charge in [-0.25, -0.2) is 5.43 Å². The third-order valence-electron chi connectivity index (χ3n) is 6.32. The number of Topliss-reactive ketones (excluding diaryl/α,β-unsaturated/α-hetero) is 1. The van der Waals surface area contributed by atoms with Gasteiger partial charge in [0.2, 0.25) is 5.91 Å². The predicted octanol–water partition coefficient (Wildman–Crippen LogP) is 3.44. The fraction of sp³-hybridized carbons (Fsp3) is 0.231. The van der Waals surface area contributed by atoms with Crippen LogP contribution in [0.3, 0.4) is 0 Å². The van der Waals surface area contributed by atoms with Crippen LogP contribution in [0.5, 0.6) is 0 Å². The first-order chi connectivity index (χ1) is 15.6. The van der Waals surface area contributed by atoms with Crippen LogP contribution in [-0.2, 0) is 9.59 Å². The molecule has 3 N–H and O–H groups in total. The number of piperidine rings is 1. The van der Waals surface area contributed by atoms with E-state index in [-0.39, 0.29) is 29.8 Å². The Bertz CT molecular complexity index is 1120. The number of anilines is 2. The molecule has 0 radical (unpaired) electrons. The highest BCUT2D eigenvalue weighted by Gasteiger charge is 2.50. The molecule has 6 heteroatoms. The van der Waals surface area contributed by atoms with E-state index in [0.717, 1.165) is 16.8 Å². The highest BCUT2D eigenvalue weighted by Crippen LogP contribution is 2.33. The summed E-state index contributed by atoms with van der Waals surface area (Å²) in [5.41, 5.74) is 7.05. The Balaban J connectivity index is 1.35. The van der Waals surface area contributed by atoms with Crippen molar-refractivity contribution in [2.24, 2.45) is 11.8 Å². The first kappa shape index (κ1) is 20.4. The zero-order valence-electron chi connectivity index (χ0n) is 17.9. The number of ketones is 1. The number of para-hydroxylation sites is 2. The molecule has 2 fully saturated rings. The zero-order valence-corrected chi connectivity index (χ0v) is 17.9. The molecule has 32 heavy (non-hydrogen) atoms. The maximum atomic E-state index is 13.4. The van der Waals surface area contributed by atoms with Gasteiger partial charge in [-0.2, -0.15) is 0 Å². The summed E-state index contributed by atoms with van der Waals surface area (Å²) in [4.78, 5) is 26.6. The minimum absolute atomic E-state index is 0.0260. The van der Waals surface area contributed by atoms with E-state index in [4.69, 9.17) is 0 Å². The van der Waals surface area contributed by atoms with Crippen molar-refractivity contribution in [2.45, 2.75) is 19.1 Å². The SMILES string of the molecule is CC1NN(c2ccccc2)C2NCC(C(=O)Nc3ccccc3-c3ccccc3)C(=O)C12. The maximum absolute atomic E-state index is 13.4. The molecular weight excluding hydrogens is 400 g/mol. The molecule has 2 heterocycles. The number of hydrogen-bond acceptors (Lipinski definition) is 5. The van der Waals surface area contributed by atoms with Crippen molar-refractivity contribution in [2.75, 3.05) is 16.9 Å². The van der Waals surface area contributed by atoms with Crippen LogP contribution < -0.4 is 21.1 Å². The highest BCUT2D eigenvalue weighted by molar-refractivity contribution is 6.10. The molecule has 2 saturated heterocycles. The van der Waals surface area contributed by atoms with Gasteiger partial charge < -0.3 is 5.32 Å². The molecule has 2 aliphatic heterocycles. The molecule has 3 aromatic carbocycles. The maximum Gasteiger partial charge on any atom is 0.236 e. The number of rotatable bonds is 4. The number of hydrogen-bond donors (Lipinski definition) is 3. The molecule has 0 aliphatic carbocycles. The van der Waals surface area contributed by atoms with Crippen molar-refractivity contribution in [1.82, 2.24) is 10.7 Å². The number of hydrazine groups is 1. The van der Waals surface area contributed by atoms with Gasteiger partial charge in [-0.15, -0.1) is 0 Å². The number of fused-ring (bicyclic) bond motifs is 1. The molecule has 0 aromatic heterocycles. The third-order valence-corrected chi connectivity index (χ3v) is 6.32. The number of carbonyl (C=O) groups is 2. The van der Waals surface area contributed by atoms with Crippen molar-refractivity contribution in [3.63, 3.8) is 0 Å². The van der Waals surface area contributed by atoms with E-state index in [9.17, 15) is 9.59 Å². The fourth-order valence-corrected chi connectivity index (χ4v) is 4.73. The Morgan fingerprint density at radius 1 is 0.938 bits per heavy atom. The minimum atomic E-state index is -0.736. The first-order valence-electron chi connectivity index (χ1n) is 11.0. The fourth-order valence-electron chi connectivity index (χ4n) is 4.73. The molecular formula is C26H26N4O2. The molecule has 0 saturated carbocycles. The molecule has 162 valence electrons. The molecule has 6 nitrogen and oxygen atoms in total. The summed E-state index contributed by atoms with van der Waals surface area (Å²) in [6, 6.07) is 27.4. The van der Waals surface area contributed by atoms with E-state index >= 15 is 0 Å². The van der Waals surface area contributed by atoms with E-state index in [2.05, 4.69) is 16.1 Å². The summed E-state index contributed by atoms with van der Waals surface area (Å²) < 4.78 is 0. The van der Waals surface area contributed by atoms with Crippen molar-refractivity contribution >= 4 is 23.1 Å². The Labute approximate surface area is 187 Å². The monoisotopic (exact) mass is 426 g/mol. The van der Waals surface area contributed by atoms with Gasteiger partial charge in [0.25, 0.3) is 0 Å². The van der Waals surface area contributed by atoms with Crippen LogP contribution in [0.4, 0.5) is 11.4 Å². The van der Waals surface area contributed by atoms with Crippen LogP contribution in [0.25, 0.3) is 11.1 Å². The second-order valence-electron chi connectivity index (χ2n) is 8.36. The molecule has 4 unspecified atom stereocenters. The van der Waals surface area contributed by atoms with Gasteiger partial charge in [0.05, 0.1) is 11.6 Å². The summed E-state index contributed by atoms with van der Waals surface area (Å²) in [5, 5.41) is 8.45. The van der Waals surface area contributed by atoms with Crippen molar-refractivity contribution in [3.8, 4) is 11.1 Å². The topological polar surface area (TPSA) is 73.5 Å². The molecule has 4 atom stereocenters. The first-order valence-corrected chi connectivity index (χ1v) is 11.0. The van der Waals surface area contributed by atoms with Crippen LogP contribution in [-0.4, -0.2) is 30.4 Å². The standard InChI is InChI=1S/C26H26N4O2/c1-17-23-24(31)21(16-27-25(23)30(29-17)19-12-6-3-7-13-19)26(32)28-22-15-9-8-14-20(22)18-10-4-2-5-11-18/h2-15,17,21,23,25,27,29H,16H2,1H3,(H,28,32). The van der Waals surface area contributed by atoms with Gasteiger partial charge in [0.15, 0.2) is 5.78 Å². The Morgan fingerprint density at radius 2 is 1.59 bits per heavy atom. The van der Waals surface area contributed by atoms with Gasteiger partial charge in [-0.05, 0) is 30.7 Å². The largest absolute Gasteiger partial charge is 0.325 e. The quantitative estimate of drug-likeness (QED) is 0.558. The second kappa shape index (κ2) is 8.57. The van der Waals surface area contributed by atoms with Crippen LogP contribution in [0, 0.1) is 11.8 Å². The van der Waals surface area contributed by atoms with Crippen molar-refractivity contribution in [1.29, 1.82) is 0 Å². The molecule has 3 aromatic rings. The zero-order chi connectivity index (χ0) is 22.1. The minimum Gasteiger partial charge on any atom is -0.325 e. The van der Waals surface area contributed by atoms with Gasteiger partial charge in [0, 0.05) is 23.8 Å². The lowest BCUT2D eigenvalue weighted by molar-refractivity contribution is -0.136. The normalized spacial score (nSPS) is 24.8. The lowest BCUT2D eigenvalue weighted by Gasteiger charge is -2.35. The van der Waals surface area contributed by atoms with E-state index < -0.39 is 5.92 Å². The predicted molar refractivity (Wildman–Crippen MR) is 126 cm³/mol. The summed E-state index contributed by atoms with van der Waals surface area (Å²) in [6.45, 7) is 2.29. The van der Waals surface area contributed by atoms with E-state index in [0.29, 0.717) is 12.2 Å². The number of benzene rings is 3. The molecule has 0 bridgehead atoms. The number of amides is 1. The summed E-state index contributed by atoms with van der Waals surface area (Å²) in [7, 11) is 0. The Kier molecular flexibility index (Phi) is 5.47. The summed E-state index contributed by atoms with van der Waals surface area (Å²) in [5.74, 6) is -1.35. The van der Waals surface area contributed by atoms with Crippen LogP contribution in [0.15, 0.2) is 84.9 Å². The Hall–Kier alpha value is -3.48. The van der Waals surface area contributed by atoms with Crippen LogP contribution in [0.1, 0.15) is 6.92 Å². The number of carbonyl (C=O) groups excluding carboxylic acids is 2. The lowest BCUT2D eigenvalue weighted by Crippen LogP contribution is -2.58. The lowest BCUT2D eigenvalue weighted by atomic mass is 9.83. The average molecular weight is 427 g/mol. The molecule has 2 aliphatic rings. The molecule has 1 amide bonds.